The van der Waals surface area contributed by atoms with E-state index in [2.05, 4.69) is 15.0 Å². The van der Waals surface area contributed by atoms with Crippen LogP contribution in [0.5, 0.6) is 0 Å². The van der Waals surface area contributed by atoms with Gasteiger partial charge in [-0.3, -0.25) is 4.98 Å². The summed E-state index contributed by atoms with van der Waals surface area (Å²) < 4.78 is 66.2. The number of benzene rings is 1. The Labute approximate surface area is 164 Å². The molecule has 0 bridgehead atoms. The normalized spacial score (nSPS) is 16.3. The number of piperazine rings is 1. The maximum Gasteiger partial charge on any atom is 0.433 e. The first-order valence-electron chi connectivity index (χ1n) is 8.75. The molecule has 3 heterocycles. The van der Waals surface area contributed by atoms with Crippen LogP contribution in [0, 0.1) is 0 Å². The Morgan fingerprint density at radius 2 is 1.66 bits per heavy atom. The van der Waals surface area contributed by atoms with Gasteiger partial charge >= 0.3 is 6.18 Å². The summed E-state index contributed by atoms with van der Waals surface area (Å²) in [5.41, 5.74) is -0.637. The Morgan fingerprint density at radius 1 is 0.931 bits per heavy atom. The Morgan fingerprint density at radius 3 is 2.38 bits per heavy atom. The summed E-state index contributed by atoms with van der Waals surface area (Å²) in [7, 11) is -3.79. The topological polar surface area (TPSA) is 79.3 Å². The molecule has 1 aliphatic rings. The van der Waals surface area contributed by atoms with E-state index in [1.165, 1.54) is 16.6 Å². The predicted molar refractivity (Wildman–Crippen MR) is 99.7 cm³/mol. The molecule has 11 heteroatoms. The Hall–Kier alpha value is -2.79. The van der Waals surface area contributed by atoms with Crippen molar-refractivity contribution in [3.63, 3.8) is 0 Å². The molecule has 0 unspecified atom stereocenters. The van der Waals surface area contributed by atoms with Crippen LogP contribution in [0.2, 0.25) is 0 Å². The summed E-state index contributed by atoms with van der Waals surface area (Å²) in [4.78, 5) is 13.1. The first kappa shape index (κ1) is 19.5. The molecular formula is C18H16F3N5O2S. The average molecular weight is 423 g/mol. The lowest BCUT2D eigenvalue weighted by Crippen LogP contribution is -2.49. The number of rotatable bonds is 3. The van der Waals surface area contributed by atoms with Gasteiger partial charge in [-0.1, -0.05) is 18.2 Å². The molecule has 0 spiro atoms. The third kappa shape index (κ3) is 3.75. The van der Waals surface area contributed by atoms with Crippen molar-refractivity contribution in [2.45, 2.75) is 11.1 Å². The monoisotopic (exact) mass is 423 g/mol. The number of para-hydroxylation sites is 1. The van der Waals surface area contributed by atoms with Crippen molar-refractivity contribution in [3.8, 4) is 0 Å². The zero-order valence-corrected chi connectivity index (χ0v) is 15.9. The standard InChI is InChI=1S/C18H16F3N5O2S/c19-18(20,21)15-11-16(24-12-23-15)25-7-9-26(10-8-25)29(27,28)14-5-1-3-13-4-2-6-22-17(13)14/h1-6,11-12H,7-10H2. The molecule has 2 aromatic heterocycles. The summed E-state index contributed by atoms with van der Waals surface area (Å²) in [6.45, 7) is 0.672. The van der Waals surface area contributed by atoms with Gasteiger partial charge in [-0.25, -0.2) is 18.4 Å². The van der Waals surface area contributed by atoms with Crippen molar-refractivity contribution in [3.05, 3.63) is 54.6 Å². The van der Waals surface area contributed by atoms with Gasteiger partial charge in [0, 0.05) is 43.8 Å². The van der Waals surface area contributed by atoms with E-state index in [0.717, 1.165) is 12.4 Å². The molecule has 0 N–H and O–H groups in total. The maximum atomic E-state index is 13.1. The van der Waals surface area contributed by atoms with Crippen LogP contribution in [0.15, 0.2) is 53.8 Å². The van der Waals surface area contributed by atoms with Crippen LogP contribution < -0.4 is 4.90 Å². The molecule has 0 atom stereocenters. The van der Waals surface area contributed by atoms with E-state index >= 15 is 0 Å². The highest BCUT2D eigenvalue weighted by molar-refractivity contribution is 7.89. The second kappa shape index (κ2) is 7.23. The molecule has 0 aliphatic carbocycles. The molecule has 29 heavy (non-hydrogen) atoms. The zero-order valence-electron chi connectivity index (χ0n) is 15.0. The number of nitrogens with zero attached hydrogens (tertiary/aromatic N) is 5. The number of sulfonamides is 1. The Bertz CT molecular complexity index is 1140. The van der Waals surface area contributed by atoms with Gasteiger partial charge in [0.05, 0.1) is 5.52 Å². The number of halogens is 3. The number of anilines is 1. The summed E-state index contributed by atoms with van der Waals surface area (Å²) in [6, 6.07) is 9.34. The average Bonchev–Trinajstić information content (AvgIpc) is 2.73. The summed E-state index contributed by atoms with van der Waals surface area (Å²) in [6.07, 6.45) is -2.17. The highest BCUT2D eigenvalue weighted by Gasteiger charge is 2.34. The summed E-state index contributed by atoms with van der Waals surface area (Å²) in [5, 5.41) is 0.716. The predicted octanol–water partition coefficient (Wildman–Crippen LogP) is 2.55. The Kier molecular flexibility index (Phi) is 4.87. The highest BCUT2D eigenvalue weighted by atomic mass is 32.2. The van der Waals surface area contributed by atoms with Crippen molar-refractivity contribution in [1.29, 1.82) is 0 Å². The van der Waals surface area contributed by atoms with Crippen molar-refractivity contribution in [2.75, 3.05) is 31.1 Å². The van der Waals surface area contributed by atoms with Gasteiger partial charge in [0.1, 0.15) is 22.7 Å². The van der Waals surface area contributed by atoms with Crippen LogP contribution in [0.4, 0.5) is 19.0 Å². The van der Waals surface area contributed by atoms with Gasteiger partial charge in [0.25, 0.3) is 0 Å². The minimum Gasteiger partial charge on any atom is -0.354 e. The fraction of sp³-hybridized carbons (Fsp3) is 0.278. The minimum atomic E-state index is -4.57. The van der Waals surface area contributed by atoms with Crippen molar-refractivity contribution < 1.29 is 21.6 Å². The number of pyridine rings is 1. The van der Waals surface area contributed by atoms with Crippen LogP contribution in [-0.2, 0) is 16.2 Å². The molecule has 0 saturated carbocycles. The van der Waals surface area contributed by atoms with Crippen molar-refractivity contribution in [1.82, 2.24) is 19.3 Å². The maximum absolute atomic E-state index is 13.1. The van der Waals surface area contributed by atoms with E-state index in [1.807, 2.05) is 0 Å². The fourth-order valence-corrected chi connectivity index (χ4v) is 4.84. The van der Waals surface area contributed by atoms with Crippen LogP contribution in [0.1, 0.15) is 5.69 Å². The largest absolute Gasteiger partial charge is 0.433 e. The second-order valence-corrected chi connectivity index (χ2v) is 8.39. The second-order valence-electron chi connectivity index (χ2n) is 6.48. The molecule has 1 saturated heterocycles. The molecule has 1 aliphatic heterocycles. The van der Waals surface area contributed by atoms with Crippen LogP contribution >= 0.6 is 0 Å². The van der Waals surface area contributed by atoms with Crippen LogP contribution in [0.3, 0.4) is 0 Å². The third-order valence-corrected chi connectivity index (χ3v) is 6.65. The third-order valence-electron chi connectivity index (χ3n) is 4.72. The molecule has 4 rings (SSSR count). The molecule has 3 aromatic rings. The van der Waals surface area contributed by atoms with E-state index in [-0.39, 0.29) is 36.9 Å². The van der Waals surface area contributed by atoms with Gasteiger partial charge in [-0.2, -0.15) is 17.5 Å². The van der Waals surface area contributed by atoms with Crippen LogP contribution in [0.25, 0.3) is 10.9 Å². The van der Waals surface area contributed by atoms with Gasteiger partial charge in [0.2, 0.25) is 10.0 Å². The van der Waals surface area contributed by atoms with E-state index in [0.29, 0.717) is 10.9 Å². The molecule has 1 aromatic carbocycles. The SMILES string of the molecule is O=S(=O)(c1cccc2cccnc12)N1CCN(c2cc(C(F)(F)F)ncn2)CC1. The molecule has 152 valence electrons. The first-order valence-corrected chi connectivity index (χ1v) is 10.2. The van der Waals surface area contributed by atoms with Crippen molar-refractivity contribution >= 4 is 26.7 Å². The number of hydrogen-bond acceptors (Lipinski definition) is 6. The van der Waals surface area contributed by atoms with E-state index in [4.69, 9.17) is 0 Å². The smallest absolute Gasteiger partial charge is 0.354 e. The van der Waals surface area contributed by atoms with Gasteiger partial charge in [0.15, 0.2) is 0 Å². The number of alkyl halides is 3. The molecule has 0 radical (unpaired) electrons. The molecular weight excluding hydrogens is 407 g/mol. The first-order chi connectivity index (χ1) is 13.8. The summed E-state index contributed by atoms with van der Waals surface area (Å²) in [5.74, 6) is 0.121. The number of hydrogen-bond donors (Lipinski definition) is 0. The Balaban J connectivity index is 1.55. The number of aromatic nitrogens is 3. The highest BCUT2D eigenvalue weighted by Crippen LogP contribution is 2.30. The lowest BCUT2D eigenvalue weighted by molar-refractivity contribution is -0.141. The minimum absolute atomic E-state index is 0.116. The lowest BCUT2D eigenvalue weighted by Gasteiger charge is -2.34. The van der Waals surface area contributed by atoms with E-state index in [9.17, 15) is 21.6 Å². The van der Waals surface area contributed by atoms with Gasteiger partial charge < -0.3 is 4.90 Å². The molecule has 1 fully saturated rings. The van der Waals surface area contributed by atoms with Gasteiger partial charge in [-0.15, -0.1) is 0 Å². The molecule has 0 amide bonds. The van der Waals surface area contributed by atoms with Gasteiger partial charge in [-0.05, 0) is 12.1 Å². The zero-order chi connectivity index (χ0) is 20.6. The van der Waals surface area contributed by atoms with E-state index in [1.54, 1.807) is 29.2 Å². The quantitative estimate of drug-likeness (QED) is 0.644. The molecule has 7 nitrogen and oxygen atoms in total. The van der Waals surface area contributed by atoms with E-state index < -0.39 is 21.9 Å². The fourth-order valence-electron chi connectivity index (χ4n) is 3.26. The van der Waals surface area contributed by atoms with Crippen LogP contribution in [-0.4, -0.2) is 53.9 Å². The summed E-state index contributed by atoms with van der Waals surface area (Å²) >= 11 is 0. The lowest BCUT2D eigenvalue weighted by atomic mass is 10.2. The van der Waals surface area contributed by atoms with Crippen molar-refractivity contribution in [2.24, 2.45) is 0 Å². The number of fused-ring (bicyclic) bond motifs is 1.